The molecule has 11 nitrogen and oxygen atoms in total. The van der Waals surface area contributed by atoms with E-state index in [4.69, 9.17) is 5.73 Å². The van der Waals surface area contributed by atoms with E-state index in [0.29, 0.717) is 17.9 Å². The standard InChI is InChI=1S/C20H36N4O7S2/c1-11(2)9-15(20(30)31)24-19(29)14(10-16(25)26)23-18(28)13(6-8-33-4)22-17(27)12(21)5-7-32-3/h11-15H,5-10,21H2,1-4H3,(H,22,27)(H,23,28)(H,24,29)(H,25,26)(H,30,31). The Morgan fingerprint density at radius 2 is 1.27 bits per heavy atom. The predicted octanol–water partition coefficient (Wildman–Crippen LogP) is -0.120. The molecule has 0 spiro atoms. The molecule has 4 unspecified atom stereocenters. The first-order valence-corrected chi connectivity index (χ1v) is 13.3. The maximum Gasteiger partial charge on any atom is 0.326 e. The van der Waals surface area contributed by atoms with Gasteiger partial charge in [-0.1, -0.05) is 13.8 Å². The summed E-state index contributed by atoms with van der Waals surface area (Å²) in [4.78, 5) is 60.6. The van der Waals surface area contributed by atoms with Gasteiger partial charge in [-0.3, -0.25) is 19.2 Å². The Hall–Kier alpha value is -1.99. The SMILES string of the molecule is CSCCC(N)C(=O)NC(CCSC)C(=O)NC(CC(=O)O)C(=O)NC(CC(C)C)C(=O)O. The molecule has 0 aliphatic heterocycles. The number of hydrogen-bond donors (Lipinski definition) is 6. The van der Waals surface area contributed by atoms with Gasteiger partial charge < -0.3 is 31.9 Å². The molecule has 7 N–H and O–H groups in total. The van der Waals surface area contributed by atoms with Gasteiger partial charge >= 0.3 is 11.9 Å². The second kappa shape index (κ2) is 16.6. The van der Waals surface area contributed by atoms with Gasteiger partial charge in [0.05, 0.1) is 12.5 Å². The third-order valence-electron chi connectivity index (χ3n) is 4.55. The van der Waals surface area contributed by atoms with E-state index in [2.05, 4.69) is 16.0 Å². The van der Waals surface area contributed by atoms with Gasteiger partial charge in [0, 0.05) is 0 Å². The van der Waals surface area contributed by atoms with Crippen molar-refractivity contribution in [2.24, 2.45) is 11.7 Å². The molecule has 4 atom stereocenters. The molecule has 0 fully saturated rings. The molecule has 3 amide bonds. The number of carbonyl (C=O) groups excluding carboxylic acids is 3. The van der Waals surface area contributed by atoms with Crippen molar-refractivity contribution in [2.75, 3.05) is 24.0 Å². The number of hydrogen-bond acceptors (Lipinski definition) is 8. The van der Waals surface area contributed by atoms with E-state index in [-0.39, 0.29) is 18.8 Å². The number of carboxylic acid groups (broad SMARTS) is 2. The molecule has 0 saturated carbocycles. The number of carbonyl (C=O) groups is 5. The van der Waals surface area contributed by atoms with Crippen LogP contribution < -0.4 is 21.7 Å². The number of thioether (sulfide) groups is 2. The zero-order valence-electron chi connectivity index (χ0n) is 19.5. The van der Waals surface area contributed by atoms with Crippen LogP contribution >= 0.6 is 23.5 Å². The highest BCUT2D eigenvalue weighted by Gasteiger charge is 2.31. The van der Waals surface area contributed by atoms with Gasteiger partial charge in [0.1, 0.15) is 18.1 Å². The third kappa shape index (κ3) is 13.3. The van der Waals surface area contributed by atoms with Crippen LogP contribution in [0.2, 0.25) is 0 Å². The molecule has 0 rings (SSSR count). The summed E-state index contributed by atoms with van der Waals surface area (Å²) in [6.45, 7) is 3.56. The van der Waals surface area contributed by atoms with Crippen molar-refractivity contribution >= 4 is 53.2 Å². The van der Waals surface area contributed by atoms with E-state index in [0.717, 1.165) is 0 Å². The number of amides is 3. The monoisotopic (exact) mass is 508 g/mol. The molecule has 0 aromatic heterocycles. The van der Waals surface area contributed by atoms with E-state index in [9.17, 15) is 34.2 Å². The number of nitrogens with one attached hydrogen (secondary N) is 3. The van der Waals surface area contributed by atoms with Gasteiger partial charge in [0.25, 0.3) is 0 Å². The van der Waals surface area contributed by atoms with Crippen LogP contribution in [0.3, 0.4) is 0 Å². The largest absolute Gasteiger partial charge is 0.481 e. The average molecular weight is 509 g/mol. The first-order valence-electron chi connectivity index (χ1n) is 10.5. The Labute approximate surface area is 202 Å². The second-order valence-corrected chi connectivity index (χ2v) is 9.89. The fourth-order valence-electron chi connectivity index (χ4n) is 2.78. The maximum absolute atomic E-state index is 12.8. The Balaban J connectivity index is 5.43. The fraction of sp³-hybridized carbons (Fsp3) is 0.750. The lowest BCUT2D eigenvalue weighted by Gasteiger charge is -2.25. The first-order chi connectivity index (χ1) is 15.4. The van der Waals surface area contributed by atoms with Crippen molar-refractivity contribution in [2.45, 2.75) is 63.7 Å². The number of carboxylic acids is 2. The summed E-state index contributed by atoms with van der Waals surface area (Å²) in [5, 5.41) is 25.7. The molecule has 0 bridgehead atoms. The number of rotatable bonds is 17. The first kappa shape index (κ1) is 31.0. The predicted molar refractivity (Wildman–Crippen MR) is 129 cm³/mol. The van der Waals surface area contributed by atoms with Crippen LogP contribution in [-0.4, -0.2) is 88.1 Å². The molecule has 190 valence electrons. The van der Waals surface area contributed by atoms with E-state index in [1.54, 1.807) is 13.8 Å². The Bertz CT molecular complexity index is 679. The fourth-order valence-corrected chi connectivity index (χ4v) is 3.74. The molecule has 0 aromatic carbocycles. The third-order valence-corrected chi connectivity index (χ3v) is 5.83. The van der Waals surface area contributed by atoms with Crippen LogP contribution in [0.25, 0.3) is 0 Å². The average Bonchev–Trinajstić information content (AvgIpc) is 2.72. The summed E-state index contributed by atoms with van der Waals surface area (Å²) in [6, 6.07) is -4.58. The highest BCUT2D eigenvalue weighted by molar-refractivity contribution is 7.98. The van der Waals surface area contributed by atoms with E-state index < -0.39 is 60.2 Å². The number of nitrogens with two attached hydrogens (primary N) is 1. The van der Waals surface area contributed by atoms with Crippen LogP contribution in [0.4, 0.5) is 0 Å². The Morgan fingerprint density at radius 3 is 1.76 bits per heavy atom. The topological polar surface area (TPSA) is 188 Å². The second-order valence-electron chi connectivity index (χ2n) is 7.92. The van der Waals surface area contributed by atoms with Crippen molar-refractivity contribution in [3.8, 4) is 0 Å². The molecule has 0 radical (unpaired) electrons. The van der Waals surface area contributed by atoms with E-state index in [1.165, 1.54) is 23.5 Å². The van der Waals surface area contributed by atoms with Gasteiger partial charge in [0.2, 0.25) is 17.7 Å². The normalized spacial score (nSPS) is 14.6. The van der Waals surface area contributed by atoms with Crippen molar-refractivity contribution in [3.63, 3.8) is 0 Å². The molecule has 0 heterocycles. The summed E-state index contributed by atoms with van der Waals surface area (Å²) < 4.78 is 0. The quantitative estimate of drug-likeness (QED) is 0.154. The summed E-state index contributed by atoms with van der Waals surface area (Å²) in [5.41, 5.74) is 5.86. The van der Waals surface area contributed by atoms with Crippen molar-refractivity contribution in [1.82, 2.24) is 16.0 Å². The Morgan fingerprint density at radius 1 is 0.788 bits per heavy atom. The lowest BCUT2D eigenvalue weighted by atomic mass is 10.0. The molecule has 0 saturated heterocycles. The summed E-state index contributed by atoms with van der Waals surface area (Å²) in [5.74, 6) is -3.66. The smallest absolute Gasteiger partial charge is 0.326 e. The minimum absolute atomic E-state index is 0.0413. The van der Waals surface area contributed by atoms with Crippen molar-refractivity contribution in [1.29, 1.82) is 0 Å². The molecular weight excluding hydrogens is 472 g/mol. The lowest BCUT2D eigenvalue weighted by Crippen LogP contribution is -2.57. The van der Waals surface area contributed by atoms with Gasteiger partial charge in [-0.15, -0.1) is 0 Å². The molecule has 13 heteroatoms. The van der Waals surface area contributed by atoms with Gasteiger partial charge in [-0.05, 0) is 49.2 Å². The molecule has 33 heavy (non-hydrogen) atoms. The van der Waals surface area contributed by atoms with Crippen LogP contribution in [-0.2, 0) is 24.0 Å². The van der Waals surface area contributed by atoms with E-state index in [1.807, 2.05) is 12.5 Å². The lowest BCUT2D eigenvalue weighted by molar-refractivity contribution is -0.144. The van der Waals surface area contributed by atoms with Gasteiger partial charge in [0.15, 0.2) is 0 Å². The van der Waals surface area contributed by atoms with Crippen LogP contribution in [0.5, 0.6) is 0 Å². The van der Waals surface area contributed by atoms with Crippen molar-refractivity contribution < 1.29 is 34.2 Å². The minimum atomic E-state index is -1.51. The summed E-state index contributed by atoms with van der Waals surface area (Å²) in [6.07, 6.45) is 3.74. The highest BCUT2D eigenvalue weighted by atomic mass is 32.2. The van der Waals surface area contributed by atoms with Gasteiger partial charge in [-0.25, -0.2) is 4.79 Å². The number of aliphatic carboxylic acids is 2. The molecule has 0 aromatic rings. The van der Waals surface area contributed by atoms with Crippen LogP contribution in [0.15, 0.2) is 0 Å². The minimum Gasteiger partial charge on any atom is -0.481 e. The maximum atomic E-state index is 12.8. The Kier molecular flexibility index (Phi) is 15.6. The van der Waals surface area contributed by atoms with Crippen LogP contribution in [0.1, 0.15) is 39.5 Å². The van der Waals surface area contributed by atoms with Gasteiger partial charge in [-0.2, -0.15) is 23.5 Å². The molecular formula is C20H36N4O7S2. The zero-order valence-corrected chi connectivity index (χ0v) is 21.1. The zero-order chi connectivity index (χ0) is 25.6. The highest BCUT2D eigenvalue weighted by Crippen LogP contribution is 2.08. The summed E-state index contributed by atoms with van der Waals surface area (Å²) in [7, 11) is 0. The van der Waals surface area contributed by atoms with Crippen LogP contribution in [0, 0.1) is 5.92 Å². The molecule has 0 aliphatic rings. The van der Waals surface area contributed by atoms with Crippen molar-refractivity contribution in [3.05, 3.63) is 0 Å². The van der Waals surface area contributed by atoms with E-state index >= 15 is 0 Å². The molecule has 0 aliphatic carbocycles. The summed E-state index contributed by atoms with van der Waals surface area (Å²) >= 11 is 2.97.